The van der Waals surface area contributed by atoms with Crippen molar-refractivity contribution >= 4 is 23.9 Å². The number of nitrogens with one attached hydrogen (secondary N) is 1. The van der Waals surface area contributed by atoms with Gasteiger partial charge >= 0.3 is 6.03 Å². The van der Waals surface area contributed by atoms with E-state index in [1.807, 2.05) is 0 Å². The molecule has 0 saturated carbocycles. The molecule has 56 valence electrons. The number of nitrogens with two attached hydrogens (primary N) is 1. The van der Waals surface area contributed by atoms with Crippen LogP contribution in [0.15, 0.2) is 15.0 Å². The summed E-state index contributed by atoms with van der Waals surface area (Å²) in [7, 11) is 0. The molecule has 2 heterocycles. The van der Waals surface area contributed by atoms with Gasteiger partial charge in [0.1, 0.15) is 18.2 Å². The maximum absolute atomic E-state index is 10.7. The van der Waals surface area contributed by atoms with Gasteiger partial charge in [-0.25, -0.2) is 14.8 Å². The number of rotatable bonds is 0. The van der Waals surface area contributed by atoms with Gasteiger partial charge in [0.15, 0.2) is 5.84 Å². The molecule has 2 aliphatic rings. The van der Waals surface area contributed by atoms with Crippen LogP contribution in [0.4, 0.5) is 4.79 Å². The minimum Gasteiger partial charge on any atom is -0.304 e. The first-order valence-electron chi connectivity index (χ1n) is 3.02. The first kappa shape index (κ1) is 6.17. The molecule has 0 aromatic heterocycles. The first-order chi connectivity index (χ1) is 5.27. The maximum Gasteiger partial charge on any atom is 0.347 e. The van der Waals surface area contributed by atoms with Crippen LogP contribution in [0, 0.1) is 0 Å². The fourth-order valence-electron chi connectivity index (χ4n) is 0.894. The highest BCUT2D eigenvalue weighted by Crippen LogP contribution is 2.02. The molecule has 2 rings (SSSR count). The van der Waals surface area contributed by atoms with Gasteiger partial charge in [-0.3, -0.25) is 5.32 Å². The van der Waals surface area contributed by atoms with Crippen LogP contribution in [0.2, 0.25) is 0 Å². The summed E-state index contributed by atoms with van der Waals surface area (Å²) < 4.78 is 0. The predicted octanol–water partition coefficient (Wildman–Crippen LogP) is -1.12. The quantitative estimate of drug-likeness (QED) is 0.458. The second-order valence-corrected chi connectivity index (χ2v) is 2.11. The Kier molecular flexibility index (Phi) is 1.10. The second-order valence-electron chi connectivity index (χ2n) is 2.11. The molecule has 1 atom stereocenters. The van der Waals surface area contributed by atoms with Crippen molar-refractivity contribution in [1.29, 1.82) is 0 Å². The highest BCUT2D eigenvalue weighted by atomic mass is 16.2. The van der Waals surface area contributed by atoms with E-state index in [4.69, 9.17) is 5.73 Å². The predicted molar refractivity (Wildman–Crippen MR) is 39.9 cm³/mol. The van der Waals surface area contributed by atoms with Gasteiger partial charge in [0.2, 0.25) is 0 Å². The van der Waals surface area contributed by atoms with E-state index < -0.39 is 12.2 Å². The molecule has 0 bridgehead atoms. The number of hydrogen-bond acceptors (Lipinski definition) is 4. The van der Waals surface area contributed by atoms with Crippen molar-refractivity contribution in [3.63, 3.8) is 0 Å². The van der Waals surface area contributed by atoms with Crippen molar-refractivity contribution in [1.82, 2.24) is 5.32 Å². The number of carbonyl (C=O) groups is 1. The average Bonchev–Trinajstić information content (AvgIpc) is 2.31. The van der Waals surface area contributed by atoms with Crippen LogP contribution in [0.1, 0.15) is 0 Å². The first-order valence-corrected chi connectivity index (χ1v) is 3.02. The SMILES string of the molecule is NC1N=CN=C2NC(=O)N=C21. The Bertz CT molecular complexity index is 302. The van der Waals surface area contributed by atoms with Crippen LogP contribution in [-0.4, -0.2) is 30.1 Å². The Hall–Kier alpha value is -1.56. The van der Waals surface area contributed by atoms with Gasteiger partial charge < -0.3 is 5.73 Å². The third-order valence-corrected chi connectivity index (χ3v) is 1.38. The number of nitrogens with zero attached hydrogens (tertiary/aromatic N) is 3. The van der Waals surface area contributed by atoms with E-state index in [1.165, 1.54) is 6.34 Å². The number of amides is 2. The van der Waals surface area contributed by atoms with Gasteiger partial charge in [-0.1, -0.05) is 0 Å². The topological polar surface area (TPSA) is 92.2 Å². The molecule has 6 heteroatoms. The molecular weight excluding hydrogens is 146 g/mol. The number of hydrogen-bond donors (Lipinski definition) is 2. The van der Waals surface area contributed by atoms with E-state index in [2.05, 4.69) is 20.3 Å². The van der Waals surface area contributed by atoms with E-state index >= 15 is 0 Å². The highest BCUT2D eigenvalue weighted by molar-refractivity contribution is 6.51. The summed E-state index contributed by atoms with van der Waals surface area (Å²) in [5, 5.41) is 2.42. The minimum absolute atomic E-state index is 0.414. The molecule has 6 nitrogen and oxygen atoms in total. The van der Waals surface area contributed by atoms with Crippen molar-refractivity contribution in [3.8, 4) is 0 Å². The zero-order valence-electron chi connectivity index (χ0n) is 5.48. The number of aliphatic imine (C=N–C) groups is 3. The van der Waals surface area contributed by atoms with Crippen molar-refractivity contribution in [2.45, 2.75) is 6.17 Å². The minimum atomic E-state index is -0.554. The summed E-state index contributed by atoms with van der Waals surface area (Å²) in [6.45, 7) is 0. The molecule has 0 fully saturated rings. The standard InChI is InChI=1S/C5H5N5O/c6-3-2-4(8-1-7-3)10-5(11)9-2/h1,3H,6H2,(H,7,8,10,11). The van der Waals surface area contributed by atoms with E-state index in [1.54, 1.807) is 0 Å². The summed E-state index contributed by atoms with van der Waals surface area (Å²) >= 11 is 0. The molecule has 0 aromatic carbocycles. The fraction of sp³-hybridized carbons (Fsp3) is 0.200. The second kappa shape index (κ2) is 1.96. The van der Waals surface area contributed by atoms with Crippen LogP contribution in [-0.2, 0) is 0 Å². The van der Waals surface area contributed by atoms with Gasteiger partial charge in [0, 0.05) is 0 Å². The Labute approximate surface area is 61.9 Å². The monoisotopic (exact) mass is 151 g/mol. The molecule has 2 aliphatic heterocycles. The lowest BCUT2D eigenvalue weighted by atomic mass is 10.3. The summed E-state index contributed by atoms with van der Waals surface area (Å²) in [6.07, 6.45) is 0.756. The zero-order chi connectivity index (χ0) is 7.84. The number of urea groups is 1. The van der Waals surface area contributed by atoms with Gasteiger partial charge in [0.25, 0.3) is 0 Å². The van der Waals surface area contributed by atoms with E-state index in [0.717, 1.165) is 0 Å². The normalized spacial score (nSPS) is 27.4. The molecule has 0 aliphatic carbocycles. The summed E-state index contributed by atoms with van der Waals surface area (Å²) in [5.74, 6) is 0.414. The molecular formula is C5H5N5O. The highest BCUT2D eigenvalue weighted by Gasteiger charge is 2.27. The molecule has 1 unspecified atom stereocenters. The van der Waals surface area contributed by atoms with Gasteiger partial charge in [-0.15, -0.1) is 0 Å². The van der Waals surface area contributed by atoms with Crippen molar-refractivity contribution in [2.75, 3.05) is 0 Å². The average molecular weight is 151 g/mol. The smallest absolute Gasteiger partial charge is 0.304 e. The van der Waals surface area contributed by atoms with Crippen LogP contribution >= 0.6 is 0 Å². The Morgan fingerprint density at radius 1 is 1.64 bits per heavy atom. The number of fused-ring (bicyclic) bond motifs is 1. The Balaban J connectivity index is 2.43. The molecule has 11 heavy (non-hydrogen) atoms. The summed E-state index contributed by atoms with van der Waals surface area (Å²) in [6, 6.07) is -0.431. The van der Waals surface area contributed by atoms with Crippen LogP contribution in [0.3, 0.4) is 0 Å². The van der Waals surface area contributed by atoms with Crippen LogP contribution in [0.25, 0.3) is 0 Å². The van der Waals surface area contributed by atoms with E-state index in [0.29, 0.717) is 11.5 Å². The summed E-state index contributed by atoms with van der Waals surface area (Å²) in [4.78, 5) is 21.8. The molecule has 0 spiro atoms. The lowest BCUT2D eigenvalue weighted by Crippen LogP contribution is -2.39. The largest absolute Gasteiger partial charge is 0.347 e. The van der Waals surface area contributed by atoms with Crippen molar-refractivity contribution < 1.29 is 4.79 Å². The summed E-state index contributed by atoms with van der Waals surface area (Å²) in [5.41, 5.74) is 5.89. The molecule has 2 amide bonds. The van der Waals surface area contributed by atoms with Crippen molar-refractivity contribution in [3.05, 3.63) is 0 Å². The lowest BCUT2D eigenvalue weighted by molar-refractivity contribution is 0.254. The molecule has 0 saturated heterocycles. The molecule has 0 aromatic rings. The van der Waals surface area contributed by atoms with Crippen LogP contribution < -0.4 is 11.1 Å². The third-order valence-electron chi connectivity index (χ3n) is 1.38. The van der Waals surface area contributed by atoms with Gasteiger partial charge in [-0.2, -0.15) is 4.99 Å². The van der Waals surface area contributed by atoms with E-state index in [-0.39, 0.29) is 0 Å². The van der Waals surface area contributed by atoms with Gasteiger partial charge in [0.05, 0.1) is 0 Å². The molecule has 3 N–H and O–H groups in total. The maximum atomic E-state index is 10.7. The number of carbonyl (C=O) groups excluding carboxylic acids is 1. The Morgan fingerprint density at radius 2 is 2.45 bits per heavy atom. The lowest BCUT2D eigenvalue weighted by Gasteiger charge is -2.08. The van der Waals surface area contributed by atoms with Crippen LogP contribution in [0.5, 0.6) is 0 Å². The number of amidine groups is 1. The Morgan fingerprint density at radius 3 is 3.18 bits per heavy atom. The van der Waals surface area contributed by atoms with E-state index in [9.17, 15) is 4.79 Å². The molecule has 0 radical (unpaired) electrons. The van der Waals surface area contributed by atoms with Crippen molar-refractivity contribution in [2.24, 2.45) is 20.7 Å². The fourth-order valence-corrected chi connectivity index (χ4v) is 0.894. The third kappa shape index (κ3) is 0.838. The zero-order valence-corrected chi connectivity index (χ0v) is 5.48. The van der Waals surface area contributed by atoms with Gasteiger partial charge in [-0.05, 0) is 0 Å².